The quantitative estimate of drug-likeness (QED) is 0.882. The Labute approximate surface area is 102 Å². The lowest BCUT2D eigenvalue weighted by Gasteiger charge is -2.17. The van der Waals surface area contributed by atoms with E-state index in [1.165, 1.54) is 6.26 Å². The summed E-state index contributed by atoms with van der Waals surface area (Å²) in [7, 11) is -1.13. The summed E-state index contributed by atoms with van der Waals surface area (Å²) in [6, 6.07) is 7.44. The Morgan fingerprint density at radius 3 is 2.50 bits per heavy atom. The van der Waals surface area contributed by atoms with Crippen molar-refractivity contribution in [1.29, 1.82) is 0 Å². The molecule has 1 aromatic carbocycles. The highest BCUT2D eigenvalue weighted by Gasteiger charge is 2.14. The van der Waals surface area contributed by atoms with E-state index in [0.717, 1.165) is 5.56 Å². The van der Waals surface area contributed by atoms with E-state index in [4.69, 9.17) is 11.6 Å². The summed E-state index contributed by atoms with van der Waals surface area (Å²) in [4.78, 5) is 0. The van der Waals surface area contributed by atoms with Gasteiger partial charge in [0.25, 0.3) is 0 Å². The minimum absolute atomic E-state index is 0.0246. The molecule has 0 spiro atoms. The fourth-order valence-electron chi connectivity index (χ4n) is 1.54. The second-order valence-corrected chi connectivity index (χ2v) is 6.45. The minimum Gasteiger partial charge on any atom is -0.313 e. The SMILES string of the molecule is CNC(CCS(C)(=O)=O)c1ccccc1Cl. The van der Waals surface area contributed by atoms with Crippen LogP contribution in [0.4, 0.5) is 0 Å². The zero-order valence-corrected chi connectivity index (χ0v) is 11.0. The Hall–Kier alpha value is -0.580. The molecule has 0 fully saturated rings. The third-order valence-corrected chi connectivity index (χ3v) is 3.73. The van der Waals surface area contributed by atoms with Gasteiger partial charge in [-0.1, -0.05) is 29.8 Å². The molecule has 90 valence electrons. The zero-order valence-electron chi connectivity index (χ0n) is 9.40. The zero-order chi connectivity index (χ0) is 12.2. The Bertz CT molecular complexity index is 445. The molecule has 0 aromatic heterocycles. The molecular formula is C11H16ClNO2S. The van der Waals surface area contributed by atoms with Crippen molar-refractivity contribution in [2.45, 2.75) is 12.5 Å². The van der Waals surface area contributed by atoms with Crippen LogP contribution in [0, 0.1) is 0 Å². The summed E-state index contributed by atoms with van der Waals surface area (Å²) in [5, 5.41) is 3.75. The first-order valence-electron chi connectivity index (χ1n) is 5.03. The number of sulfone groups is 1. The van der Waals surface area contributed by atoms with Gasteiger partial charge in [-0.2, -0.15) is 0 Å². The Morgan fingerprint density at radius 2 is 2.00 bits per heavy atom. The standard InChI is InChI=1S/C11H16ClNO2S/c1-13-11(7-8-16(2,14)15)9-5-3-4-6-10(9)12/h3-6,11,13H,7-8H2,1-2H3. The molecule has 1 N–H and O–H groups in total. The summed E-state index contributed by atoms with van der Waals surface area (Å²) in [5.41, 5.74) is 0.940. The van der Waals surface area contributed by atoms with Crippen molar-refractivity contribution in [3.63, 3.8) is 0 Å². The molecule has 3 nitrogen and oxygen atoms in total. The second-order valence-electron chi connectivity index (χ2n) is 3.78. The highest BCUT2D eigenvalue weighted by molar-refractivity contribution is 7.90. The molecule has 1 aromatic rings. The van der Waals surface area contributed by atoms with E-state index in [0.29, 0.717) is 11.4 Å². The van der Waals surface area contributed by atoms with Gasteiger partial charge in [-0.3, -0.25) is 0 Å². The molecular weight excluding hydrogens is 246 g/mol. The molecule has 0 bridgehead atoms. The van der Waals surface area contributed by atoms with E-state index in [1.54, 1.807) is 7.05 Å². The van der Waals surface area contributed by atoms with Crippen molar-refractivity contribution in [3.05, 3.63) is 34.9 Å². The Morgan fingerprint density at radius 1 is 1.38 bits per heavy atom. The maximum atomic E-state index is 11.1. The molecule has 5 heteroatoms. The molecule has 0 radical (unpaired) electrons. The normalized spacial score (nSPS) is 13.7. The molecule has 0 saturated heterocycles. The maximum absolute atomic E-state index is 11.1. The van der Waals surface area contributed by atoms with Gasteiger partial charge < -0.3 is 5.32 Å². The average Bonchev–Trinajstić information content (AvgIpc) is 2.20. The van der Waals surface area contributed by atoms with Gasteiger partial charge in [-0.05, 0) is 25.1 Å². The van der Waals surface area contributed by atoms with Crippen LogP contribution in [-0.2, 0) is 9.84 Å². The van der Waals surface area contributed by atoms with Crippen LogP contribution in [0.1, 0.15) is 18.0 Å². The number of rotatable bonds is 5. The number of hydrogen-bond donors (Lipinski definition) is 1. The van der Waals surface area contributed by atoms with Gasteiger partial charge in [0.05, 0.1) is 5.75 Å². The Kier molecular flexibility index (Phi) is 4.77. The van der Waals surface area contributed by atoms with Crippen LogP contribution < -0.4 is 5.32 Å². The summed E-state index contributed by atoms with van der Waals surface area (Å²) in [6.45, 7) is 0. The molecule has 0 amide bonds. The summed E-state index contributed by atoms with van der Waals surface area (Å²) in [5.74, 6) is 0.156. The van der Waals surface area contributed by atoms with Crippen molar-refractivity contribution < 1.29 is 8.42 Å². The summed E-state index contributed by atoms with van der Waals surface area (Å²) >= 11 is 6.06. The monoisotopic (exact) mass is 261 g/mol. The van der Waals surface area contributed by atoms with Gasteiger partial charge in [0.2, 0.25) is 0 Å². The van der Waals surface area contributed by atoms with E-state index < -0.39 is 9.84 Å². The van der Waals surface area contributed by atoms with Crippen LogP contribution in [0.5, 0.6) is 0 Å². The number of hydrogen-bond acceptors (Lipinski definition) is 3. The molecule has 0 aliphatic carbocycles. The lowest BCUT2D eigenvalue weighted by atomic mass is 10.1. The predicted molar refractivity (Wildman–Crippen MR) is 67.6 cm³/mol. The van der Waals surface area contributed by atoms with Crippen LogP contribution in [0.25, 0.3) is 0 Å². The fourth-order valence-corrected chi connectivity index (χ4v) is 2.48. The van der Waals surface area contributed by atoms with Crippen LogP contribution in [0.3, 0.4) is 0 Å². The average molecular weight is 262 g/mol. The van der Waals surface area contributed by atoms with Crippen molar-refractivity contribution in [2.75, 3.05) is 19.1 Å². The topological polar surface area (TPSA) is 46.2 Å². The first kappa shape index (κ1) is 13.5. The van der Waals surface area contributed by atoms with Crippen molar-refractivity contribution in [3.8, 4) is 0 Å². The molecule has 0 heterocycles. The number of nitrogens with one attached hydrogen (secondary N) is 1. The van der Waals surface area contributed by atoms with Gasteiger partial charge in [-0.25, -0.2) is 8.42 Å². The largest absolute Gasteiger partial charge is 0.313 e. The van der Waals surface area contributed by atoms with E-state index in [-0.39, 0.29) is 11.8 Å². The van der Waals surface area contributed by atoms with Crippen molar-refractivity contribution in [1.82, 2.24) is 5.32 Å². The third-order valence-electron chi connectivity index (χ3n) is 2.41. The van der Waals surface area contributed by atoms with Gasteiger partial charge >= 0.3 is 0 Å². The van der Waals surface area contributed by atoms with Gasteiger partial charge in [0.15, 0.2) is 0 Å². The summed E-state index contributed by atoms with van der Waals surface area (Å²) < 4.78 is 22.2. The van der Waals surface area contributed by atoms with Crippen LogP contribution in [-0.4, -0.2) is 27.5 Å². The third kappa shape index (κ3) is 4.12. The molecule has 16 heavy (non-hydrogen) atoms. The van der Waals surface area contributed by atoms with E-state index in [1.807, 2.05) is 24.3 Å². The lowest BCUT2D eigenvalue weighted by molar-refractivity contribution is 0.559. The summed E-state index contributed by atoms with van der Waals surface area (Å²) in [6.07, 6.45) is 1.77. The molecule has 1 rings (SSSR count). The van der Waals surface area contributed by atoms with Crippen molar-refractivity contribution >= 4 is 21.4 Å². The highest BCUT2D eigenvalue weighted by atomic mass is 35.5. The number of halogens is 1. The fraction of sp³-hybridized carbons (Fsp3) is 0.455. The molecule has 0 aliphatic rings. The molecule has 1 unspecified atom stereocenters. The van der Waals surface area contributed by atoms with E-state index in [9.17, 15) is 8.42 Å². The maximum Gasteiger partial charge on any atom is 0.147 e. The highest BCUT2D eigenvalue weighted by Crippen LogP contribution is 2.24. The lowest BCUT2D eigenvalue weighted by Crippen LogP contribution is -2.20. The molecule has 1 atom stereocenters. The van der Waals surface area contributed by atoms with Crippen LogP contribution >= 0.6 is 11.6 Å². The first-order chi connectivity index (χ1) is 7.44. The van der Waals surface area contributed by atoms with Gasteiger partial charge in [0.1, 0.15) is 9.84 Å². The molecule has 0 saturated carbocycles. The predicted octanol–water partition coefficient (Wildman–Crippen LogP) is 2.04. The smallest absolute Gasteiger partial charge is 0.147 e. The van der Waals surface area contributed by atoms with Crippen LogP contribution in [0.15, 0.2) is 24.3 Å². The number of benzene rings is 1. The molecule has 0 aliphatic heterocycles. The Balaban J connectivity index is 2.79. The van der Waals surface area contributed by atoms with Crippen LogP contribution in [0.2, 0.25) is 5.02 Å². The minimum atomic E-state index is -2.93. The van der Waals surface area contributed by atoms with E-state index in [2.05, 4.69) is 5.32 Å². The second kappa shape index (κ2) is 5.66. The van der Waals surface area contributed by atoms with E-state index >= 15 is 0 Å². The first-order valence-corrected chi connectivity index (χ1v) is 7.47. The van der Waals surface area contributed by atoms with Gasteiger partial charge in [-0.15, -0.1) is 0 Å². The van der Waals surface area contributed by atoms with Gasteiger partial charge in [0, 0.05) is 17.3 Å². The van der Waals surface area contributed by atoms with Crippen molar-refractivity contribution in [2.24, 2.45) is 0 Å².